The molecule has 5 heteroatoms. The monoisotopic (exact) mass is 262 g/mol. The molecule has 2 heterocycles. The van der Waals surface area contributed by atoms with Crippen molar-refractivity contribution in [2.75, 3.05) is 26.7 Å². The van der Waals surface area contributed by atoms with Crippen molar-refractivity contribution in [2.24, 2.45) is 0 Å². The van der Waals surface area contributed by atoms with Crippen molar-refractivity contribution < 1.29 is 4.79 Å². The van der Waals surface area contributed by atoms with Crippen LogP contribution in [0.2, 0.25) is 0 Å². The van der Waals surface area contributed by atoms with E-state index in [1.54, 1.807) is 6.33 Å². The fraction of sp³-hybridized carbons (Fsp3) is 0.714. The van der Waals surface area contributed by atoms with Crippen LogP contribution in [0.15, 0.2) is 12.5 Å². The van der Waals surface area contributed by atoms with Crippen LogP contribution in [0, 0.1) is 0 Å². The second-order valence-electron chi connectivity index (χ2n) is 6.44. The Morgan fingerprint density at radius 2 is 2.11 bits per heavy atom. The first-order valence-corrected chi connectivity index (χ1v) is 7.01. The Balaban J connectivity index is 1.78. The van der Waals surface area contributed by atoms with Crippen LogP contribution in [0.3, 0.4) is 0 Å². The van der Waals surface area contributed by atoms with E-state index in [9.17, 15) is 4.79 Å². The quantitative estimate of drug-likeness (QED) is 0.808. The summed E-state index contributed by atoms with van der Waals surface area (Å²) in [6.45, 7) is 6.86. The predicted molar refractivity (Wildman–Crippen MR) is 73.1 cm³/mol. The summed E-state index contributed by atoms with van der Waals surface area (Å²) in [6.07, 6.45) is 6.14. The highest BCUT2D eigenvalue weighted by atomic mass is 16.2. The second kappa shape index (κ2) is 4.34. The number of likely N-dealkylation sites (N-methyl/N-ethyl adjacent to an activating group) is 1. The Labute approximate surface area is 114 Å². The summed E-state index contributed by atoms with van der Waals surface area (Å²) in [5.74, 6) is 0.0671. The fourth-order valence-corrected chi connectivity index (χ4v) is 2.93. The van der Waals surface area contributed by atoms with Gasteiger partial charge in [-0.05, 0) is 33.7 Å². The minimum Gasteiger partial charge on any atom is -0.334 e. The number of carbonyl (C=O) groups excluding carboxylic acids is 1. The van der Waals surface area contributed by atoms with Crippen LogP contribution in [-0.4, -0.2) is 57.5 Å². The van der Waals surface area contributed by atoms with Crippen LogP contribution in [0.4, 0.5) is 0 Å². The van der Waals surface area contributed by atoms with Gasteiger partial charge in [0.1, 0.15) is 5.69 Å². The summed E-state index contributed by atoms with van der Waals surface area (Å²) in [7, 11) is 2.10. The lowest BCUT2D eigenvalue weighted by atomic mass is 9.98. The molecule has 0 spiro atoms. The van der Waals surface area contributed by atoms with Gasteiger partial charge >= 0.3 is 0 Å². The molecular formula is C14H22N4O. The second-order valence-corrected chi connectivity index (χ2v) is 6.44. The molecule has 0 radical (unpaired) electrons. The molecule has 0 unspecified atom stereocenters. The van der Waals surface area contributed by atoms with E-state index in [1.165, 1.54) is 12.8 Å². The molecule has 3 rings (SSSR count). The average molecular weight is 262 g/mol. The Kier molecular flexibility index (Phi) is 2.89. The van der Waals surface area contributed by atoms with Gasteiger partial charge in [0.2, 0.25) is 0 Å². The number of piperazine rings is 1. The van der Waals surface area contributed by atoms with Crippen LogP contribution < -0.4 is 0 Å². The molecule has 0 bridgehead atoms. The summed E-state index contributed by atoms with van der Waals surface area (Å²) < 4.78 is 2.08. The van der Waals surface area contributed by atoms with Gasteiger partial charge in [0, 0.05) is 31.9 Å². The first-order valence-electron chi connectivity index (χ1n) is 7.01. The molecule has 0 aromatic carbocycles. The molecule has 0 N–H and O–H groups in total. The molecule has 1 amide bonds. The first-order chi connectivity index (χ1) is 8.97. The SMILES string of the molecule is CN1CCN(C(=O)c2cn(C3CC3)cn2)C(C)(C)C1. The van der Waals surface area contributed by atoms with E-state index >= 15 is 0 Å². The Morgan fingerprint density at radius 1 is 1.37 bits per heavy atom. The zero-order chi connectivity index (χ0) is 13.6. The number of rotatable bonds is 2. The van der Waals surface area contributed by atoms with Gasteiger partial charge in [-0.15, -0.1) is 0 Å². The van der Waals surface area contributed by atoms with Gasteiger partial charge in [-0.1, -0.05) is 0 Å². The maximum absolute atomic E-state index is 12.6. The van der Waals surface area contributed by atoms with E-state index in [0.717, 1.165) is 19.6 Å². The molecule has 1 saturated carbocycles. The van der Waals surface area contributed by atoms with Crippen molar-refractivity contribution in [1.82, 2.24) is 19.4 Å². The number of imidazole rings is 1. The van der Waals surface area contributed by atoms with Gasteiger partial charge in [0.15, 0.2) is 0 Å². The highest BCUT2D eigenvalue weighted by Gasteiger charge is 2.37. The third-order valence-corrected chi connectivity index (χ3v) is 4.13. The summed E-state index contributed by atoms with van der Waals surface area (Å²) in [5.41, 5.74) is 0.456. The number of hydrogen-bond acceptors (Lipinski definition) is 3. The van der Waals surface area contributed by atoms with Gasteiger partial charge in [0.25, 0.3) is 5.91 Å². The van der Waals surface area contributed by atoms with Crippen LogP contribution in [0.5, 0.6) is 0 Å². The number of amides is 1. The van der Waals surface area contributed by atoms with Gasteiger partial charge in [0.05, 0.1) is 11.9 Å². The third-order valence-electron chi connectivity index (χ3n) is 4.13. The van der Waals surface area contributed by atoms with Gasteiger partial charge in [-0.3, -0.25) is 4.79 Å². The normalized spacial score (nSPS) is 23.6. The molecular weight excluding hydrogens is 240 g/mol. The lowest BCUT2D eigenvalue weighted by molar-refractivity contribution is 0.0244. The van der Waals surface area contributed by atoms with Gasteiger partial charge in [-0.25, -0.2) is 4.98 Å². The van der Waals surface area contributed by atoms with Crippen molar-refractivity contribution in [3.8, 4) is 0 Å². The molecule has 19 heavy (non-hydrogen) atoms. The minimum atomic E-state index is -0.132. The maximum Gasteiger partial charge on any atom is 0.274 e. The summed E-state index contributed by atoms with van der Waals surface area (Å²) in [4.78, 5) is 21.1. The molecule has 1 saturated heterocycles. The summed E-state index contributed by atoms with van der Waals surface area (Å²) in [5, 5.41) is 0. The molecule has 2 fully saturated rings. The highest BCUT2D eigenvalue weighted by Crippen LogP contribution is 2.34. The minimum absolute atomic E-state index is 0.0671. The van der Waals surface area contributed by atoms with E-state index in [0.29, 0.717) is 11.7 Å². The predicted octanol–water partition coefficient (Wildman–Crippen LogP) is 1.38. The average Bonchev–Trinajstić information content (AvgIpc) is 3.05. The molecule has 1 aromatic heterocycles. The molecule has 2 aliphatic rings. The number of nitrogens with zero attached hydrogens (tertiary/aromatic N) is 4. The smallest absolute Gasteiger partial charge is 0.274 e. The van der Waals surface area contributed by atoms with Crippen molar-refractivity contribution in [1.29, 1.82) is 0 Å². The van der Waals surface area contributed by atoms with Crippen LogP contribution in [0.25, 0.3) is 0 Å². The van der Waals surface area contributed by atoms with Crippen LogP contribution >= 0.6 is 0 Å². The van der Waals surface area contributed by atoms with Crippen molar-refractivity contribution in [3.63, 3.8) is 0 Å². The summed E-state index contributed by atoms with van der Waals surface area (Å²) >= 11 is 0. The number of hydrogen-bond donors (Lipinski definition) is 0. The van der Waals surface area contributed by atoms with Crippen molar-refractivity contribution >= 4 is 5.91 Å². The highest BCUT2D eigenvalue weighted by molar-refractivity contribution is 5.92. The maximum atomic E-state index is 12.6. The number of carbonyl (C=O) groups is 1. The lowest BCUT2D eigenvalue weighted by Gasteiger charge is -2.45. The lowest BCUT2D eigenvalue weighted by Crippen LogP contribution is -2.60. The number of aromatic nitrogens is 2. The van der Waals surface area contributed by atoms with E-state index in [-0.39, 0.29) is 11.4 Å². The molecule has 0 atom stereocenters. The van der Waals surface area contributed by atoms with Crippen LogP contribution in [-0.2, 0) is 0 Å². The van der Waals surface area contributed by atoms with Crippen molar-refractivity contribution in [3.05, 3.63) is 18.2 Å². The molecule has 5 nitrogen and oxygen atoms in total. The first kappa shape index (κ1) is 12.7. The molecule has 1 aliphatic heterocycles. The summed E-state index contributed by atoms with van der Waals surface area (Å²) in [6, 6.07) is 0.578. The Bertz CT molecular complexity index is 489. The standard InChI is InChI=1S/C14H22N4O/c1-14(2)9-16(3)6-7-18(14)13(19)12-8-17(10-15-12)11-4-5-11/h8,10-11H,4-7,9H2,1-3H3. The molecule has 1 aliphatic carbocycles. The molecule has 1 aromatic rings. The van der Waals surface area contributed by atoms with E-state index in [4.69, 9.17) is 0 Å². The topological polar surface area (TPSA) is 41.4 Å². The molecule has 104 valence electrons. The Morgan fingerprint density at radius 3 is 2.74 bits per heavy atom. The Hall–Kier alpha value is -1.36. The van der Waals surface area contributed by atoms with Crippen molar-refractivity contribution in [2.45, 2.75) is 38.3 Å². The van der Waals surface area contributed by atoms with Gasteiger partial charge in [-0.2, -0.15) is 0 Å². The fourth-order valence-electron chi connectivity index (χ4n) is 2.93. The zero-order valence-electron chi connectivity index (χ0n) is 12.0. The van der Waals surface area contributed by atoms with E-state index < -0.39 is 0 Å². The van der Waals surface area contributed by atoms with E-state index in [2.05, 4.69) is 35.3 Å². The van der Waals surface area contributed by atoms with E-state index in [1.807, 2.05) is 11.1 Å². The largest absolute Gasteiger partial charge is 0.334 e. The zero-order valence-corrected chi connectivity index (χ0v) is 12.0. The van der Waals surface area contributed by atoms with Gasteiger partial charge < -0.3 is 14.4 Å². The third kappa shape index (κ3) is 2.39. The van der Waals surface area contributed by atoms with Crippen LogP contribution in [0.1, 0.15) is 43.2 Å².